The van der Waals surface area contributed by atoms with E-state index in [0.29, 0.717) is 24.7 Å². The van der Waals surface area contributed by atoms with E-state index in [1.54, 1.807) is 18.3 Å². The van der Waals surface area contributed by atoms with Crippen LogP contribution in [-0.2, 0) is 21.4 Å². The smallest absolute Gasteiger partial charge is 0.321 e. The highest BCUT2D eigenvalue weighted by Crippen LogP contribution is 2.48. The summed E-state index contributed by atoms with van der Waals surface area (Å²) in [7, 11) is 0. The number of carbonyl (C=O) groups excluding carboxylic acids is 1. The Hall–Kier alpha value is -1.69. The number of aromatic nitrogens is 2. The fourth-order valence-corrected chi connectivity index (χ4v) is 2.69. The van der Waals surface area contributed by atoms with Crippen LogP contribution in [0.5, 0.6) is 0 Å². The van der Waals surface area contributed by atoms with Crippen LogP contribution in [0.3, 0.4) is 0 Å². The van der Waals surface area contributed by atoms with Crippen molar-refractivity contribution in [3.8, 4) is 0 Å². The van der Waals surface area contributed by atoms with E-state index >= 15 is 0 Å². The van der Waals surface area contributed by atoms with E-state index in [0.717, 1.165) is 12.8 Å². The van der Waals surface area contributed by atoms with Crippen LogP contribution in [-0.4, -0.2) is 22.7 Å². The van der Waals surface area contributed by atoms with Gasteiger partial charge in [-0.3, -0.25) is 4.79 Å². The highest BCUT2D eigenvalue weighted by atomic mass is 32.1. The number of ether oxygens (including phenoxy) is 1. The molecule has 5 nitrogen and oxygen atoms in total. The van der Waals surface area contributed by atoms with Crippen LogP contribution >= 0.6 is 11.3 Å². The van der Waals surface area contributed by atoms with Crippen LogP contribution in [0.2, 0.25) is 0 Å². The molecule has 1 fully saturated rings. The van der Waals surface area contributed by atoms with E-state index in [9.17, 15) is 4.79 Å². The van der Waals surface area contributed by atoms with E-state index in [-0.39, 0.29) is 5.97 Å². The monoisotopic (exact) mass is 278 g/mol. The third-order valence-electron chi connectivity index (χ3n) is 3.21. The van der Waals surface area contributed by atoms with Crippen molar-refractivity contribution >= 4 is 17.3 Å². The van der Waals surface area contributed by atoms with Crippen molar-refractivity contribution in [2.45, 2.75) is 31.6 Å². The number of hydrogen-bond acceptors (Lipinski definition) is 6. The highest BCUT2D eigenvalue weighted by Gasteiger charge is 2.57. The van der Waals surface area contributed by atoms with Crippen molar-refractivity contribution in [2.24, 2.45) is 0 Å². The predicted molar refractivity (Wildman–Crippen MR) is 69.0 cm³/mol. The first kappa shape index (κ1) is 12.3. The third-order valence-corrected chi connectivity index (χ3v) is 4.08. The average Bonchev–Trinajstić information content (AvgIpc) is 2.84. The molecule has 2 heterocycles. The molecule has 1 aliphatic carbocycles. The van der Waals surface area contributed by atoms with Crippen molar-refractivity contribution in [3.63, 3.8) is 0 Å². The molecule has 0 unspecified atom stereocenters. The molecule has 0 bridgehead atoms. The molecule has 0 aliphatic heterocycles. The van der Waals surface area contributed by atoms with E-state index in [1.807, 2.05) is 17.5 Å². The van der Waals surface area contributed by atoms with E-state index in [1.165, 1.54) is 4.88 Å². The maximum atomic E-state index is 11.9. The lowest BCUT2D eigenvalue weighted by Gasteiger charge is -2.07. The first-order valence-electron chi connectivity index (χ1n) is 6.27. The van der Waals surface area contributed by atoms with Crippen LogP contribution in [0.25, 0.3) is 0 Å². The summed E-state index contributed by atoms with van der Waals surface area (Å²) in [4.78, 5) is 17.4. The molecule has 0 saturated heterocycles. The van der Waals surface area contributed by atoms with Gasteiger partial charge in [0, 0.05) is 11.3 Å². The van der Waals surface area contributed by atoms with Gasteiger partial charge in [0.05, 0.1) is 6.61 Å². The van der Waals surface area contributed by atoms with Gasteiger partial charge in [0.2, 0.25) is 5.89 Å². The summed E-state index contributed by atoms with van der Waals surface area (Å²) >= 11 is 1.65. The Morgan fingerprint density at radius 2 is 2.42 bits per heavy atom. The van der Waals surface area contributed by atoms with Gasteiger partial charge in [-0.05, 0) is 31.2 Å². The minimum absolute atomic E-state index is 0.249. The second kappa shape index (κ2) is 4.77. The van der Waals surface area contributed by atoms with Gasteiger partial charge in [0.25, 0.3) is 0 Å². The normalized spacial score (nSPS) is 16.3. The van der Waals surface area contributed by atoms with Crippen molar-refractivity contribution < 1.29 is 14.1 Å². The Morgan fingerprint density at radius 3 is 3.05 bits per heavy atom. The van der Waals surface area contributed by atoms with Gasteiger partial charge in [0.1, 0.15) is 5.41 Å². The number of thiophene rings is 1. The van der Waals surface area contributed by atoms with Gasteiger partial charge < -0.3 is 9.26 Å². The highest BCUT2D eigenvalue weighted by molar-refractivity contribution is 7.09. The van der Waals surface area contributed by atoms with Gasteiger partial charge in [-0.1, -0.05) is 11.2 Å². The van der Waals surface area contributed by atoms with Gasteiger partial charge in [-0.2, -0.15) is 4.98 Å². The quantitative estimate of drug-likeness (QED) is 0.785. The first-order chi connectivity index (χ1) is 9.24. The van der Waals surface area contributed by atoms with Crippen molar-refractivity contribution in [1.82, 2.24) is 10.1 Å². The summed E-state index contributed by atoms with van der Waals surface area (Å²) in [6.45, 7) is 2.17. The molecule has 19 heavy (non-hydrogen) atoms. The molecule has 0 N–H and O–H groups in total. The molecular formula is C13H14N2O3S. The molecule has 100 valence electrons. The Morgan fingerprint density at radius 1 is 1.58 bits per heavy atom. The van der Waals surface area contributed by atoms with Gasteiger partial charge in [-0.25, -0.2) is 0 Å². The maximum absolute atomic E-state index is 11.9. The summed E-state index contributed by atoms with van der Waals surface area (Å²) in [5.74, 6) is 0.770. The number of carbonyl (C=O) groups is 1. The van der Waals surface area contributed by atoms with Crippen LogP contribution in [0.15, 0.2) is 22.0 Å². The Bertz CT molecular complexity index is 572. The fourth-order valence-electron chi connectivity index (χ4n) is 1.99. The second-order valence-electron chi connectivity index (χ2n) is 4.57. The third kappa shape index (κ3) is 2.28. The van der Waals surface area contributed by atoms with Crippen LogP contribution in [0.1, 0.15) is 36.4 Å². The van der Waals surface area contributed by atoms with Crippen molar-refractivity contribution in [2.75, 3.05) is 6.61 Å². The molecule has 0 amide bonds. The lowest BCUT2D eigenvalue weighted by Crippen LogP contribution is -2.23. The number of esters is 1. The van der Waals surface area contributed by atoms with E-state index in [2.05, 4.69) is 10.1 Å². The van der Waals surface area contributed by atoms with Crippen molar-refractivity contribution in [1.29, 1.82) is 0 Å². The van der Waals surface area contributed by atoms with E-state index in [4.69, 9.17) is 9.26 Å². The fraction of sp³-hybridized carbons (Fsp3) is 0.462. The minimum atomic E-state index is -0.670. The van der Waals surface area contributed by atoms with E-state index < -0.39 is 5.41 Å². The van der Waals surface area contributed by atoms with Crippen molar-refractivity contribution in [3.05, 3.63) is 34.1 Å². The summed E-state index contributed by atoms with van der Waals surface area (Å²) in [5.41, 5.74) is -0.670. The van der Waals surface area contributed by atoms with Gasteiger partial charge in [0.15, 0.2) is 5.82 Å². The number of nitrogens with zero attached hydrogens (tertiary/aromatic N) is 2. The zero-order valence-electron chi connectivity index (χ0n) is 10.6. The summed E-state index contributed by atoms with van der Waals surface area (Å²) in [6.07, 6.45) is 2.10. The van der Waals surface area contributed by atoms with Crippen LogP contribution < -0.4 is 0 Å². The molecule has 1 aliphatic rings. The molecule has 1 saturated carbocycles. The molecule has 3 rings (SSSR count). The van der Waals surface area contributed by atoms with Crippen LogP contribution in [0.4, 0.5) is 0 Å². The molecule has 6 heteroatoms. The molecule has 0 aromatic carbocycles. The summed E-state index contributed by atoms with van der Waals surface area (Å²) in [6, 6.07) is 4.01. The van der Waals surface area contributed by atoms with Gasteiger partial charge in [-0.15, -0.1) is 11.3 Å². The summed E-state index contributed by atoms with van der Waals surface area (Å²) < 4.78 is 10.3. The lowest BCUT2D eigenvalue weighted by atomic mass is 10.1. The topological polar surface area (TPSA) is 65.2 Å². The lowest BCUT2D eigenvalue weighted by molar-refractivity contribution is -0.146. The Labute approximate surface area is 114 Å². The zero-order chi connectivity index (χ0) is 13.3. The Kier molecular flexibility index (Phi) is 3.10. The predicted octanol–water partition coefficient (Wildman–Crippen LogP) is 2.32. The maximum Gasteiger partial charge on any atom is 0.321 e. The molecule has 0 radical (unpaired) electrons. The standard InChI is InChI=1S/C13H14N2O3S/c1-2-17-12(16)13(5-6-13)11-14-10(15-18-11)8-9-4-3-7-19-9/h3-4,7H,2,5-6,8H2,1H3. The second-order valence-corrected chi connectivity index (χ2v) is 5.61. The SMILES string of the molecule is CCOC(=O)C1(c2nc(Cc3cccs3)no2)CC1. The molecule has 0 spiro atoms. The molecule has 2 aromatic rings. The molecule has 2 aromatic heterocycles. The van der Waals surface area contributed by atoms with Crippen LogP contribution in [0, 0.1) is 0 Å². The van der Waals surface area contributed by atoms with Gasteiger partial charge >= 0.3 is 5.97 Å². The average molecular weight is 278 g/mol. The minimum Gasteiger partial charge on any atom is -0.465 e. The summed E-state index contributed by atoms with van der Waals surface area (Å²) in [5, 5.41) is 5.96. The molecular weight excluding hydrogens is 264 g/mol. The number of rotatable bonds is 5. The Balaban J connectivity index is 1.76. The zero-order valence-corrected chi connectivity index (χ0v) is 11.4. The molecule has 0 atom stereocenters. The largest absolute Gasteiger partial charge is 0.465 e. The first-order valence-corrected chi connectivity index (χ1v) is 7.15. The number of hydrogen-bond donors (Lipinski definition) is 0.